The lowest BCUT2D eigenvalue weighted by atomic mass is 10.1. The van der Waals surface area contributed by atoms with Crippen molar-refractivity contribution in [2.75, 3.05) is 12.3 Å². The highest BCUT2D eigenvalue weighted by molar-refractivity contribution is 8.13. The number of hydrogen-bond acceptors (Lipinski definition) is 5. The molecule has 2 heterocycles. The number of nitriles is 1. The zero-order valence-corrected chi connectivity index (χ0v) is 12.5. The van der Waals surface area contributed by atoms with Crippen molar-refractivity contribution in [2.24, 2.45) is 5.92 Å². The first-order chi connectivity index (χ1) is 10.1. The molecule has 0 N–H and O–H groups in total. The smallest absolute Gasteiger partial charge is 0.227 e. The van der Waals surface area contributed by atoms with Crippen molar-refractivity contribution in [1.82, 2.24) is 9.88 Å². The molecule has 1 unspecified atom stereocenters. The van der Waals surface area contributed by atoms with E-state index < -0.39 is 0 Å². The predicted molar refractivity (Wildman–Crippen MR) is 80.8 cm³/mol. The number of hydrogen-bond donors (Lipinski definition) is 0. The van der Waals surface area contributed by atoms with Gasteiger partial charge in [-0.1, -0.05) is 17.8 Å². The summed E-state index contributed by atoms with van der Waals surface area (Å²) in [6, 6.07) is 7.35. The summed E-state index contributed by atoms with van der Waals surface area (Å²) in [5.74, 6) is 0.716. The van der Waals surface area contributed by atoms with Crippen LogP contribution in [0.15, 0.2) is 30.5 Å². The summed E-state index contributed by atoms with van der Waals surface area (Å²) in [6.45, 7) is 2.04. The second-order valence-corrected chi connectivity index (χ2v) is 5.95. The molecule has 6 heteroatoms. The molecule has 0 aliphatic carbocycles. The monoisotopic (exact) mass is 301 g/mol. The molecule has 0 radical (unpaired) electrons. The second kappa shape index (κ2) is 7.04. The number of carbonyl (C=O) groups is 2. The van der Waals surface area contributed by atoms with Gasteiger partial charge in [0.05, 0.1) is 17.5 Å². The van der Waals surface area contributed by atoms with Crippen LogP contribution in [-0.2, 0) is 9.59 Å². The van der Waals surface area contributed by atoms with Gasteiger partial charge >= 0.3 is 0 Å². The van der Waals surface area contributed by atoms with Crippen molar-refractivity contribution in [3.63, 3.8) is 0 Å². The maximum absolute atomic E-state index is 12.2. The van der Waals surface area contributed by atoms with Crippen LogP contribution in [0.5, 0.6) is 0 Å². The molecule has 1 amide bonds. The first-order valence-electron chi connectivity index (χ1n) is 6.56. The van der Waals surface area contributed by atoms with E-state index in [1.54, 1.807) is 23.2 Å². The number of rotatable bonds is 4. The van der Waals surface area contributed by atoms with Gasteiger partial charge in [0.25, 0.3) is 0 Å². The Morgan fingerprint density at radius 2 is 2.43 bits per heavy atom. The Balaban J connectivity index is 2.16. The Morgan fingerprint density at radius 3 is 3.05 bits per heavy atom. The van der Waals surface area contributed by atoms with Crippen LogP contribution in [0.1, 0.15) is 19.0 Å². The van der Waals surface area contributed by atoms with Gasteiger partial charge in [-0.2, -0.15) is 5.26 Å². The highest BCUT2D eigenvalue weighted by atomic mass is 32.2. The van der Waals surface area contributed by atoms with Crippen molar-refractivity contribution >= 4 is 28.5 Å². The van der Waals surface area contributed by atoms with E-state index in [1.165, 1.54) is 24.8 Å². The van der Waals surface area contributed by atoms with Gasteiger partial charge in [-0.25, -0.2) is 0 Å². The van der Waals surface area contributed by atoms with Gasteiger partial charge in [0.1, 0.15) is 0 Å². The fourth-order valence-corrected chi connectivity index (χ4v) is 2.92. The topological polar surface area (TPSA) is 74.1 Å². The quantitative estimate of drug-likeness (QED) is 0.796. The largest absolute Gasteiger partial charge is 0.309 e. The van der Waals surface area contributed by atoms with Crippen LogP contribution in [-0.4, -0.2) is 33.2 Å². The second-order valence-electron chi connectivity index (χ2n) is 4.75. The third-order valence-corrected chi connectivity index (χ3v) is 4.19. The summed E-state index contributed by atoms with van der Waals surface area (Å²) in [5, 5.41) is 9.00. The molecule has 1 aromatic heterocycles. The number of pyridine rings is 1. The van der Waals surface area contributed by atoms with Crippen molar-refractivity contribution in [3.05, 3.63) is 36.2 Å². The molecule has 1 aromatic rings. The van der Waals surface area contributed by atoms with E-state index in [-0.39, 0.29) is 16.9 Å². The molecule has 1 fully saturated rings. The van der Waals surface area contributed by atoms with Crippen LogP contribution in [0.4, 0.5) is 0 Å². The van der Waals surface area contributed by atoms with Gasteiger partial charge in [0.2, 0.25) is 5.91 Å². The maximum atomic E-state index is 12.2. The van der Waals surface area contributed by atoms with Gasteiger partial charge < -0.3 is 4.90 Å². The van der Waals surface area contributed by atoms with E-state index >= 15 is 0 Å². The van der Waals surface area contributed by atoms with E-state index in [4.69, 9.17) is 5.26 Å². The van der Waals surface area contributed by atoms with Gasteiger partial charge in [-0.05, 0) is 18.1 Å². The average molecular weight is 301 g/mol. The van der Waals surface area contributed by atoms with Gasteiger partial charge in [-0.3, -0.25) is 14.6 Å². The Hall–Kier alpha value is -2.13. The van der Waals surface area contributed by atoms with E-state index in [0.717, 1.165) is 0 Å². The van der Waals surface area contributed by atoms with Crippen molar-refractivity contribution in [2.45, 2.75) is 13.3 Å². The fourth-order valence-electron chi connectivity index (χ4n) is 2.23. The third kappa shape index (κ3) is 3.92. The lowest BCUT2D eigenvalue weighted by Crippen LogP contribution is -2.24. The Morgan fingerprint density at radius 1 is 1.62 bits per heavy atom. The number of likely N-dealkylation sites (tertiary alicyclic amines) is 1. The van der Waals surface area contributed by atoms with Crippen LogP contribution < -0.4 is 0 Å². The predicted octanol–water partition coefficient (Wildman–Crippen LogP) is 2.07. The van der Waals surface area contributed by atoms with Crippen molar-refractivity contribution in [3.8, 4) is 6.07 Å². The number of allylic oxidation sites excluding steroid dienone is 1. The molecule has 1 aliphatic rings. The van der Waals surface area contributed by atoms with Crippen LogP contribution in [0.25, 0.3) is 5.70 Å². The molecular weight excluding hydrogens is 286 g/mol. The van der Waals surface area contributed by atoms with Gasteiger partial charge in [0.15, 0.2) is 5.12 Å². The number of aromatic nitrogens is 1. The lowest BCUT2D eigenvalue weighted by Gasteiger charge is -2.19. The van der Waals surface area contributed by atoms with Gasteiger partial charge in [0, 0.05) is 37.9 Å². The Bertz CT molecular complexity index is 607. The maximum Gasteiger partial charge on any atom is 0.227 e. The van der Waals surface area contributed by atoms with Crippen LogP contribution in [0.2, 0.25) is 0 Å². The first-order valence-corrected chi connectivity index (χ1v) is 7.55. The normalized spacial score (nSPS) is 18.7. The Labute approximate surface area is 127 Å². The molecule has 1 saturated heterocycles. The molecule has 2 rings (SSSR count). The minimum absolute atomic E-state index is 0.0312. The van der Waals surface area contributed by atoms with E-state index in [2.05, 4.69) is 4.98 Å². The molecule has 0 saturated carbocycles. The Kier molecular flexibility index (Phi) is 5.12. The zero-order chi connectivity index (χ0) is 15.2. The van der Waals surface area contributed by atoms with Crippen LogP contribution in [0.3, 0.4) is 0 Å². The highest BCUT2D eigenvalue weighted by Crippen LogP contribution is 2.29. The molecule has 0 bridgehead atoms. The zero-order valence-electron chi connectivity index (χ0n) is 11.7. The summed E-state index contributed by atoms with van der Waals surface area (Å²) >= 11 is 1.24. The van der Waals surface area contributed by atoms with Crippen molar-refractivity contribution < 1.29 is 9.59 Å². The molecule has 108 valence electrons. The summed E-state index contributed by atoms with van der Waals surface area (Å²) in [4.78, 5) is 29.0. The van der Waals surface area contributed by atoms with E-state index in [0.29, 0.717) is 30.1 Å². The highest BCUT2D eigenvalue weighted by Gasteiger charge is 2.32. The molecule has 1 aliphatic heterocycles. The van der Waals surface area contributed by atoms with E-state index in [9.17, 15) is 9.59 Å². The standard InChI is InChI=1S/C15H15N3O2S/c1-11(19)21-10-12-8-15(20)18(9-12)14(5-6-16)13-4-2-3-7-17-13/h2-5,7,12H,8-10H2,1H3. The molecule has 5 nitrogen and oxygen atoms in total. The molecule has 0 spiro atoms. The number of nitrogens with zero attached hydrogens (tertiary/aromatic N) is 3. The number of amides is 1. The minimum Gasteiger partial charge on any atom is -0.309 e. The number of carbonyl (C=O) groups excluding carboxylic acids is 2. The number of thioether (sulfide) groups is 1. The summed E-state index contributed by atoms with van der Waals surface area (Å²) < 4.78 is 0. The molecular formula is C15H15N3O2S. The van der Waals surface area contributed by atoms with Crippen LogP contribution >= 0.6 is 11.8 Å². The van der Waals surface area contributed by atoms with Gasteiger partial charge in [-0.15, -0.1) is 0 Å². The lowest BCUT2D eigenvalue weighted by molar-refractivity contribution is -0.125. The SMILES string of the molecule is CC(=O)SCC1CC(=O)N(C(=CC#N)c2ccccn2)C1. The van der Waals surface area contributed by atoms with E-state index in [1.807, 2.05) is 12.1 Å². The average Bonchev–Trinajstić information content (AvgIpc) is 2.84. The molecule has 1 atom stereocenters. The molecule has 21 heavy (non-hydrogen) atoms. The minimum atomic E-state index is -0.0312. The summed E-state index contributed by atoms with van der Waals surface area (Å²) in [7, 11) is 0. The summed E-state index contributed by atoms with van der Waals surface area (Å²) in [6.07, 6.45) is 3.38. The summed E-state index contributed by atoms with van der Waals surface area (Å²) in [5.41, 5.74) is 1.13. The first kappa shape index (κ1) is 15.3. The molecule has 0 aromatic carbocycles. The third-order valence-electron chi connectivity index (χ3n) is 3.15. The van der Waals surface area contributed by atoms with Crippen LogP contribution in [0, 0.1) is 17.2 Å². The van der Waals surface area contributed by atoms with Crippen molar-refractivity contribution in [1.29, 1.82) is 5.26 Å². The fraction of sp³-hybridized carbons (Fsp3) is 0.333.